The minimum atomic E-state index is 0.565. The number of fused-ring (bicyclic) bond motifs is 1. The molecule has 17 heavy (non-hydrogen) atoms. The van der Waals surface area contributed by atoms with Crippen LogP contribution in [-0.2, 0) is 17.7 Å². The zero-order valence-corrected chi connectivity index (χ0v) is 9.80. The van der Waals surface area contributed by atoms with E-state index in [0.717, 1.165) is 43.0 Å². The van der Waals surface area contributed by atoms with E-state index in [4.69, 9.17) is 10.5 Å². The average molecular weight is 231 g/mol. The molecule has 90 valence electrons. The normalized spacial score (nSPS) is 20.2. The van der Waals surface area contributed by atoms with Crippen molar-refractivity contribution in [1.29, 1.82) is 0 Å². The minimum Gasteiger partial charge on any atom is -0.381 e. The van der Waals surface area contributed by atoms with Gasteiger partial charge in [-0.05, 0) is 36.5 Å². The second kappa shape index (κ2) is 4.47. The molecule has 0 saturated carbocycles. The van der Waals surface area contributed by atoms with E-state index in [1.54, 1.807) is 0 Å². The average Bonchev–Trinajstić information content (AvgIpc) is 2.96. The second-order valence-electron chi connectivity index (χ2n) is 4.67. The van der Waals surface area contributed by atoms with E-state index in [0.29, 0.717) is 12.5 Å². The number of hydrogen-bond acceptors (Lipinski definition) is 3. The highest BCUT2D eigenvalue weighted by atomic mass is 16.5. The van der Waals surface area contributed by atoms with Crippen LogP contribution in [0.3, 0.4) is 0 Å². The van der Waals surface area contributed by atoms with Crippen LogP contribution < -0.4 is 5.73 Å². The lowest BCUT2D eigenvalue weighted by molar-refractivity contribution is 0.185. The number of hydrogen-bond donors (Lipinski definition) is 1. The van der Waals surface area contributed by atoms with Gasteiger partial charge in [0.25, 0.3) is 0 Å². The molecule has 0 amide bonds. The Bertz CT molecular complexity index is 514. The summed E-state index contributed by atoms with van der Waals surface area (Å²) in [5, 5.41) is 0. The zero-order chi connectivity index (χ0) is 11.7. The Kier molecular flexibility index (Phi) is 2.82. The Hall–Kier alpha value is -1.39. The molecule has 3 heterocycles. The number of rotatable bonds is 3. The molecule has 3 rings (SSSR count). The summed E-state index contributed by atoms with van der Waals surface area (Å²) >= 11 is 0. The topological polar surface area (TPSA) is 52.5 Å². The van der Waals surface area contributed by atoms with Crippen molar-refractivity contribution in [3.8, 4) is 0 Å². The smallest absolute Gasteiger partial charge is 0.137 e. The van der Waals surface area contributed by atoms with Crippen molar-refractivity contribution >= 4 is 5.65 Å². The maximum Gasteiger partial charge on any atom is 0.137 e. The molecule has 0 spiro atoms. The van der Waals surface area contributed by atoms with Gasteiger partial charge in [0.1, 0.15) is 5.65 Å². The molecule has 1 atom stereocenters. The molecule has 1 aliphatic rings. The Morgan fingerprint density at radius 2 is 2.47 bits per heavy atom. The molecule has 0 radical (unpaired) electrons. The third-order valence-corrected chi connectivity index (χ3v) is 3.33. The summed E-state index contributed by atoms with van der Waals surface area (Å²) in [6.07, 6.45) is 6.30. The summed E-state index contributed by atoms with van der Waals surface area (Å²) in [6.45, 7) is 2.34. The molecule has 0 aromatic carbocycles. The van der Waals surface area contributed by atoms with E-state index >= 15 is 0 Å². The summed E-state index contributed by atoms with van der Waals surface area (Å²) in [4.78, 5) is 4.64. The first kappa shape index (κ1) is 10.7. The van der Waals surface area contributed by atoms with Gasteiger partial charge in [-0.3, -0.25) is 0 Å². The molecule has 4 heteroatoms. The molecule has 2 aromatic heterocycles. The lowest BCUT2D eigenvalue weighted by atomic mass is 10.0. The number of imidazole rings is 1. The van der Waals surface area contributed by atoms with E-state index in [2.05, 4.69) is 21.6 Å². The van der Waals surface area contributed by atoms with Gasteiger partial charge in [-0.25, -0.2) is 4.98 Å². The highest BCUT2D eigenvalue weighted by Gasteiger charge is 2.17. The van der Waals surface area contributed by atoms with E-state index < -0.39 is 0 Å². The van der Waals surface area contributed by atoms with E-state index in [9.17, 15) is 0 Å². The van der Waals surface area contributed by atoms with E-state index in [-0.39, 0.29) is 0 Å². The van der Waals surface area contributed by atoms with Gasteiger partial charge in [0.15, 0.2) is 0 Å². The molecule has 0 aliphatic carbocycles. The molecule has 4 nitrogen and oxygen atoms in total. The summed E-state index contributed by atoms with van der Waals surface area (Å²) in [6, 6.07) is 4.09. The monoisotopic (exact) mass is 231 g/mol. The fourth-order valence-electron chi connectivity index (χ4n) is 2.34. The van der Waals surface area contributed by atoms with Crippen LogP contribution in [0, 0.1) is 5.92 Å². The molecule has 1 saturated heterocycles. The van der Waals surface area contributed by atoms with Gasteiger partial charge in [-0.2, -0.15) is 0 Å². The predicted molar refractivity (Wildman–Crippen MR) is 65.7 cm³/mol. The van der Waals surface area contributed by atoms with Crippen LogP contribution >= 0.6 is 0 Å². The molecule has 0 bridgehead atoms. The first-order valence-electron chi connectivity index (χ1n) is 6.09. The van der Waals surface area contributed by atoms with Crippen molar-refractivity contribution in [3.63, 3.8) is 0 Å². The number of pyridine rings is 1. The van der Waals surface area contributed by atoms with E-state index in [1.165, 1.54) is 0 Å². The van der Waals surface area contributed by atoms with Crippen molar-refractivity contribution in [1.82, 2.24) is 9.38 Å². The highest BCUT2D eigenvalue weighted by Crippen LogP contribution is 2.18. The Morgan fingerprint density at radius 1 is 1.53 bits per heavy atom. The fourth-order valence-corrected chi connectivity index (χ4v) is 2.34. The van der Waals surface area contributed by atoms with Crippen LogP contribution in [0.2, 0.25) is 0 Å². The maximum atomic E-state index is 5.63. The van der Waals surface area contributed by atoms with E-state index in [1.807, 2.05) is 12.3 Å². The van der Waals surface area contributed by atoms with Crippen LogP contribution in [0.4, 0.5) is 0 Å². The van der Waals surface area contributed by atoms with Crippen LogP contribution in [0.15, 0.2) is 24.5 Å². The SMILES string of the molecule is NCc1ccn2cc(CC3CCOC3)nc2c1. The molecular formula is C13H17N3O. The fraction of sp³-hybridized carbons (Fsp3) is 0.462. The standard InChI is InChI=1S/C13H17N3O/c14-7-10-1-3-16-8-12(15-13(16)6-10)5-11-2-4-17-9-11/h1,3,6,8,11H,2,4-5,7,9,14H2. The highest BCUT2D eigenvalue weighted by molar-refractivity contribution is 5.43. The van der Waals surface area contributed by atoms with Crippen LogP contribution in [-0.4, -0.2) is 22.6 Å². The Morgan fingerprint density at radius 3 is 3.24 bits per heavy atom. The number of nitrogens with zero attached hydrogens (tertiary/aromatic N) is 2. The third kappa shape index (κ3) is 2.18. The molecular weight excluding hydrogens is 214 g/mol. The van der Waals surface area contributed by atoms with Gasteiger partial charge in [0.05, 0.1) is 5.69 Å². The van der Waals surface area contributed by atoms with Crippen LogP contribution in [0.25, 0.3) is 5.65 Å². The second-order valence-corrected chi connectivity index (χ2v) is 4.67. The number of nitrogens with two attached hydrogens (primary N) is 1. The third-order valence-electron chi connectivity index (χ3n) is 3.33. The van der Waals surface area contributed by atoms with Gasteiger partial charge >= 0.3 is 0 Å². The zero-order valence-electron chi connectivity index (χ0n) is 9.80. The quantitative estimate of drug-likeness (QED) is 0.868. The summed E-state index contributed by atoms with van der Waals surface area (Å²) in [7, 11) is 0. The van der Waals surface area contributed by atoms with Crippen molar-refractivity contribution in [2.75, 3.05) is 13.2 Å². The molecule has 1 fully saturated rings. The molecule has 1 unspecified atom stereocenters. The van der Waals surface area contributed by atoms with Gasteiger partial charge in [0.2, 0.25) is 0 Å². The van der Waals surface area contributed by atoms with Gasteiger partial charge in [0, 0.05) is 32.2 Å². The summed E-state index contributed by atoms with van der Waals surface area (Å²) in [5.41, 5.74) is 8.89. The number of aromatic nitrogens is 2. The van der Waals surface area contributed by atoms with Gasteiger partial charge in [-0.15, -0.1) is 0 Å². The van der Waals surface area contributed by atoms with Gasteiger partial charge in [-0.1, -0.05) is 0 Å². The van der Waals surface area contributed by atoms with Crippen molar-refractivity contribution in [3.05, 3.63) is 35.8 Å². The lowest BCUT2D eigenvalue weighted by Crippen LogP contribution is -2.03. The van der Waals surface area contributed by atoms with Crippen molar-refractivity contribution < 1.29 is 4.74 Å². The van der Waals surface area contributed by atoms with Crippen LogP contribution in [0.1, 0.15) is 17.7 Å². The first-order chi connectivity index (χ1) is 8.35. The first-order valence-corrected chi connectivity index (χ1v) is 6.09. The van der Waals surface area contributed by atoms with Crippen LogP contribution in [0.5, 0.6) is 0 Å². The van der Waals surface area contributed by atoms with Crippen molar-refractivity contribution in [2.45, 2.75) is 19.4 Å². The minimum absolute atomic E-state index is 0.565. The summed E-state index contributed by atoms with van der Waals surface area (Å²) < 4.78 is 7.45. The Labute approximate surface area is 100 Å². The molecule has 2 aromatic rings. The molecule has 1 aliphatic heterocycles. The largest absolute Gasteiger partial charge is 0.381 e. The lowest BCUT2D eigenvalue weighted by Gasteiger charge is -2.02. The Balaban J connectivity index is 1.85. The predicted octanol–water partition coefficient (Wildman–Crippen LogP) is 1.37. The maximum absolute atomic E-state index is 5.63. The molecule has 2 N–H and O–H groups in total. The summed E-state index contributed by atoms with van der Waals surface area (Å²) in [5.74, 6) is 0.633. The van der Waals surface area contributed by atoms with Crippen molar-refractivity contribution in [2.24, 2.45) is 11.7 Å². The van der Waals surface area contributed by atoms with Gasteiger partial charge < -0.3 is 14.9 Å². The number of ether oxygens (including phenoxy) is 1.